The molecule has 0 aliphatic heterocycles. The summed E-state index contributed by atoms with van der Waals surface area (Å²) in [6, 6.07) is 9.02. The van der Waals surface area contributed by atoms with Crippen LogP contribution in [-0.2, 0) is 11.3 Å². The molecule has 0 fully saturated rings. The van der Waals surface area contributed by atoms with Crippen LogP contribution in [0.5, 0.6) is 0 Å². The Morgan fingerprint density at radius 3 is 2.63 bits per heavy atom. The highest BCUT2D eigenvalue weighted by molar-refractivity contribution is 5.83. The Morgan fingerprint density at radius 2 is 2.00 bits per heavy atom. The first-order valence-electron chi connectivity index (χ1n) is 5.60. The van der Waals surface area contributed by atoms with E-state index in [4.69, 9.17) is 0 Å². The number of pyridine rings is 1. The Kier molecular flexibility index (Phi) is 4.22. The maximum Gasteiger partial charge on any atom is 0.412 e. The molecule has 0 aliphatic carbocycles. The van der Waals surface area contributed by atoms with E-state index in [1.54, 1.807) is 18.3 Å². The lowest BCUT2D eigenvalue weighted by molar-refractivity contribution is 0.187. The van der Waals surface area contributed by atoms with Crippen LogP contribution < -0.4 is 10.6 Å². The number of hydrogen-bond donors (Lipinski definition) is 2. The van der Waals surface area contributed by atoms with Crippen molar-refractivity contribution in [3.8, 4) is 0 Å². The molecule has 19 heavy (non-hydrogen) atoms. The van der Waals surface area contributed by atoms with E-state index in [9.17, 15) is 4.79 Å². The second-order valence-electron chi connectivity index (χ2n) is 3.60. The van der Waals surface area contributed by atoms with Gasteiger partial charge in [0.2, 0.25) is 0 Å². The van der Waals surface area contributed by atoms with Gasteiger partial charge in [0, 0.05) is 6.20 Å². The fraction of sp³-hybridized carbons (Fsp3) is 0.167. The average molecular weight is 259 g/mol. The van der Waals surface area contributed by atoms with Crippen LogP contribution in [0.1, 0.15) is 5.69 Å². The van der Waals surface area contributed by atoms with Crippen molar-refractivity contribution in [2.45, 2.75) is 6.54 Å². The molecule has 0 bridgehead atoms. The number of nitrogens with zero attached hydrogens (tertiary/aromatic N) is 3. The van der Waals surface area contributed by atoms with Crippen molar-refractivity contribution in [1.82, 2.24) is 15.2 Å². The number of ether oxygens (including phenoxy) is 1. The molecule has 2 N–H and O–H groups in total. The maximum atomic E-state index is 11.0. The normalized spacial score (nSPS) is 9.74. The van der Waals surface area contributed by atoms with Gasteiger partial charge >= 0.3 is 6.09 Å². The first-order chi connectivity index (χ1) is 9.28. The van der Waals surface area contributed by atoms with Crippen molar-refractivity contribution in [3.63, 3.8) is 0 Å². The number of rotatable bonds is 4. The Hall–Kier alpha value is -2.70. The van der Waals surface area contributed by atoms with E-state index in [0.717, 1.165) is 5.69 Å². The predicted molar refractivity (Wildman–Crippen MR) is 69.6 cm³/mol. The van der Waals surface area contributed by atoms with Gasteiger partial charge < -0.3 is 10.1 Å². The molecule has 0 radical (unpaired) electrons. The van der Waals surface area contributed by atoms with Gasteiger partial charge in [0.15, 0.2) is 5.82 Å². The summed E-state index contributed by atoms with van der Waals surface area (Å²) in [6.45, 7) is 0.555. The quantitative estimate of drug-likeness (QED) is 0.868. The van der Waals surface area contributed by atoms with Crippen molar-refractivity contribution >= 4 is 17.7 Å². The third-order valence-electron chi connectivity index (χ3n) is 2.26. The van der Waals surface area contributed by atoms with Gasteiger partial charge in [0.25, 0.3) is 0 Å². The van der Waals surface area contributed by atoms with Crippen LogP contribution >= 0.6 is 0 Å². The summed E-state index contributed by atoms with van der Waals surface area (Å²) in [5.41, 5.74) is 0.904. The van der Waals surface area contributed by atoms with Crippen molar-refractivity contribution < 1.29 is 9.53 Å². The molecule has 98 valence electrons. The number of nitrogens with one attached hydrogen (secondary N) is 2. The SMILES string of the molecule is COC(=O)Nc1ccc(NCc2ccccn2)nn1. The van der Waals surface area contributed by atoms with Crippen LogP contribution in [0.25, 0.3) is 0 Å². The molecular formula is C12H13N5O2. The smallest absolute Gasteiger partial charge is 0.412 e. The van der Waals surface area contributed by atoms with Crippen molar-refractivity contribution in [1.29, 1.82) is 0 Å². The molecule has 7 nitrogen and oxygen atoms in total. The van der Waals surface area contributed by atoms with Crippen LogP contribution in [0.15, 0.2) is 36.5 Å². The van der Waals surface area contributed by atoms with E-state index in [2.05, 4.69) is 30.6 Å². The molecule has 0 atom stereocenters. The minimum absolute atomic E-state index is 0.329. The lowest BCUT2D eigenvalue weighted by Crippen LogP contribution is -2.13. The summed E-state index contributed by atoms with van der Waals surface area (Å²) in [7, 11) is 1.28. The lowest BCUT2D eigenvalue weighted by atomic mass is 10.3. The highest BCUT2D eigenvalue weighted by Gasteiger charge is 2.02. The number of amides is 1. The minimum Gasteiger partial charge on any atom is -0.453 e. The molecule has 2 aromatic rings. The Bertz CT molecular complexity index is 530. The van der Waals surface area contributed by atoms with E-state index >= 15 is 0 Å². The molecule has 7 heteroatoms. The first kappa shape index (κ1) is 12.7. The monoisotopic (exact) mass is 259 g/mol. The summed E-state index contributed by atoms with van der Waals surface area (Å²) >= 11 is 0. The molecule has 0 aliphatic rings. The van der Waals surface area contributed by atoms with Crippen LogP contribution in [0.2, 0.25) is 0 Å². The second-order valence-corrected chi connectivity index (χ2v) is 3.60. The van der Waals surface area contributed by atoms with E-state index in [0.29, 0.717) is 18.2 Å². The zero-order chi connectivity index (χ0) is 13.5. The molecule has 0 saturated heterocycles. The lowest BCUT2D eigenvalue weighted by Gasteiger charge is -2.05. The highest BCUT2D eigenvalue weighted by atomic mass is 16.5. The molecule has 2 heterocycles. The summed E-state index contributed by atoms with van der Waals surface area (Å²) in [4.78, 5) is 15.1. The van der Waals surface area contributed by atoms with Crippen LogP contribution in [-0.4, -0.2) is 28.4 Å². The minimum atomic E-state index is -0.580. The molecule has 0 saturated carbocycles. The van der Waals surface area contributed by atoms with Gasteiger partial charge in [0.1, 0.15) is 5.82 Å². The van der Waals surface area contributed by atoms with Crippen LogP contribution in [0.3, 0.4) is 0 Å². The third-order valence-corrected chi connectivity index (χ3v) is 2.26. The highest BCUT2D eigenvalue weighted by Crippen LogP contribution is 2.07. The molecule has 2 aromatic heterocycles. The summed E-state index contributed by atoms with van der Waals surface area (Å²) < 4.78 is 4.45. The molecule has 2 rings (SSSR count). The molecule has 0 spiro atoms. The summed E-state index contributed by atoms with van der Waals surface area (Å²) in [5, 5.41) is 13.2. The zero-order valence-electron chi connectivity index (χ0n) is 10.3. The van der Waals surface area contributed by atoms with E-state index in [-0.39, 0.29) is 0 Å². The second kappa shape index (κ2) is 6.29. The standard InChI is InChI=1S/C12H13N5O2/c1-19-12(18)15-11-6-5-10(16-17-11)14-8-9-4-2-3-7-13-9/h2-7H,8H2,1H3,(H,14,16)(H,15,17,18). The number of aromatic nitrogens is 3. The summed E-state index contributed by atoms with van der Waals surface area (Å²) in [5.74, 6) is 0.927. The van der Waals surface area contributed by atoms with Crippen LogP contribution in [0.4, 0.5) is 16.4 Å². The Balaban J connectivity index is 1.90. The number of hydrogen-bond acceptors (Lipinski definition) is 6. The predicted octanol–water partition coefficient (Wildman–Crippen LogP) is 1.66. The number of methoxy groups -OCH3 is 1. The fourth-order valence-corrected chi connectivity index (χ4v) is 1.33. The molecule has 0 aromatic carbocycles. The van der Waals surface area contributed by atoms with Gasteiger partial charge in [0.05, 0.1) is 19.3 Å². The zero-order valence-corrected chi connectivity index (χ0v) is 10.3. The largest absolute Gasteiger partial charge is 0.453 e. The van der Waals surface area contributed by atoms with Crippen molar-refractivity contribution in [2.24, 2.45) is 0 Å². The number of carbonyl (C=O) groups excluding carboxylic acids is 1. The number of carbonyl (C=O) groups is 1. The third kappa shape index (κ3) is 3.91. The van der Waals surface area contributed by atoms with Gasteiger partial charge in [-0.1, -0.05) is 6.07 Å². The van der Waals surface area contributed by atoms with Crippen molar-refractivity contribution in [3.05, 3.63) is 42.2 Å². The maximum absolute atomic E-state index is 11.0. The van der Waals surface area contributed by atoms with Crippen molar-refractivity contribution in [2.75, 3.05) is 17.7 Å². The van der Waals surface area contributed by atoms with Crippen LogP contribution in [0, 0.1) is 0 Å². The number of anilines is 2. The van der Waals surface area contributed by atoms with E-state index in [1.165, 1.54) is 7.11 Å². The first-order valence-corrected chi connectivity index (χ1v) is 5.60. The van der Waals surface area contributed by atoms with E-state index < -0.39 is 6.09 Å². The van der Waals surface area contributed by atoms with E-state index in [1.807, 2.05) is 18.2 Å². The van der Waals surface area contributed by atoms with Gasteiger partial charge in [-0.05, 0) is 24.3 Å². The Labute approximate surface area is 110 Å². The van der Waals surface area contributed by atoms with Gasteiger partial charge in [-0.25, -0.2) is 4.79 Å². The van der Waals surface area contributed by atoms with Gasteiger partial charge in [-0.15, -0.1) is 10.2 Å². The fourth-order valence-electron chi connectivity index (χ4n) is 1.33. The molecular weight excluding hydrogens is 246 g/mol. The molecule has 0 unspecified atom stereocenters. The van der Waals surface area contributed by atoms with Gasteiger partial charge in [-0.3, -0.25) is 10.3 Å². The topological polar surface area (TPSA) is 89.0 Å². The molecule has 1 amide bonds. The Morgan fingerprint density at radius 1 is 1.21 bits per heavy atom. The average Bonchev–Trinajstić information content (AvgIpc) is 2.47. The van der Waals surface area contributed by atoms with Gasteiger partial charge in [-0.2, -0.15) is 0 Å². The summed E-state index contributed by atoms with van der Waals surface area (Å²) in [6.07, 6.45) is 1.15.